The Morgan fingerprint density at radius 2 is 1.88 bits per heavy atom. The van der Waals surface area contributed by atoms with Gasteiger partial charge < -0.3 is 20.5 Å². The molecule has 0 saturated heterocycles. The molecule has 0 spiro atoms. The Morgan fingerprint density at radius 3 is 2.53 bits per heavy atom. The molecule has 9 nitrogen and oxygen atoms in total. The molecule has 0 aliphatic heterocycles. The van der Waals surface area contributed by atoms with Crippen molar-refractivity contribution in [2.45, 2.75) is 20.1 Å². The molecule has 0 saturated carbocycles. The lowest BCUT2D eigenvalue weighted by Crippen LogP contribution is -2.27. The van der Waals surface area contributed by atoms with Crippen LogP contribution in [0.3, 0.4) is 0 Å². The molecule has 0 atom stereocenters. The van der Waals surface area contributed by atoms with Crippen molar-refractivity contribution in [3.63, 3.8) is 0 Å². The van der Waals surface area contributed by atoms with Gasteiger partial charge in [-0.05, 0) is 52.7 Å². The Morgan fingerprint density at radius 1 is 1.18 bits per heavy atom. The molecule has 12 heteroatoms. The lowest BCUT2D eigenvalue weighted by Gasteiger charge is -2.17. The second-order valence-corrected chi connectivity index (χ2v) is 7.82. The van der Waals surface area contributed by atoms with Crippen LogP contribution in [0.5, 0.6) is 5.88 Å². The molecule has 2 aromatic carbocycles. The van der Waals surface area contributed by atoms with Crippen molar-refractivity contribution in [3.05, 3.63) is 85.4 Å². The molecule has 0 unspecified atom stereocenters. The molecule has 0 aliphatic carbocycles. The molecule has 3 N–H and O–H groups in total. The molecule has 0 radical (unpaired) electrons. The van der Waals surface area contributed by atoms with Gasteiger partial charge in [0.2, 0.25) is 5.88 Å². The van der Waals surface area contributed by atoms with Gasteiger partial charge in [0.05, 0.1) is 5.69 Å². The molecule has 0 fully saturated rings. The van der Waals surface area contributed by atoms with Crippen LogP contribution in [0.15, 0.2) is 45.7 Å². The van der Waals surface area contributed by atoms with Crippen LogP contribution in [0.2, 0.25) is 0 Å². The summed E-state index contributed by atoms with van der Waals surface area (Å²) in [6.45, 7) is 1.07. The van der Waals surface area contributed by atoms with E-state index in [2.05, 4.69) is 31.5 Å². The standard InChI is InChI=1S/C22H19BrF2N4O5/c1-11-28-20(34-10-14-5-6-15(24)8-16(14)25)18(23)21(31)29(11)17-7-12(19(30)26-2)3-4-13(17)9-27-22(32)33/h3-8,27H,9-10H2,1-2H3,(H,26,30)(H,32,33). The molecule has 178 valence electrons. The number of benzene rings is 2. The van der Waals surface area contributed by atoms with E-state index in [1.807, 2.05) is 0 Å². The minimum atomic E-state index is -1.26. The number of hydrogen-bond acceptors (Lipinski definition) is 5. The number of rotatable bonds is 7. The van der Waals surface area contributed by atoms with Gasteiger partial charge in [0.15, 0.2) is 0 Å². The van der Waals surface area contributed by atoms with Gasteiger partial charge in [-0.2, -0.15) is 4.98 Å². The Balaban J connectivity index is 2.04. The number of amides is 2. The third-order valence-electron chi connectivity index (χ3n) is 4.79. The second-order valence-electron chi connectivity index (χ2n) is 7.02. The highest BCUT2D eigenvalue weighted by Crippen LogP contribution is 2.24. The lowest BCUT2D eigenvalue weighted by atomic mass is 10.1. The van der Waals surface area contributed by atoms with Gasteiger partial charge in [-0.3, -0.25) is 14.2 Å². The van der Waals surface area contributed by atoms with Crippen molar-refractivity contribution in [1.82, 2.24) is 20.2 Å². The summed E-state index contributed by atoms with van der Waals surface area (Å²) in [5, 5.41) is 13.7. The van der Waals surface area contributed by atoms with Crippen molar-refractivity contribution in [2.75, 3.05) is 7.05 Å². The van der Waals surface area contributed by atoms with Crippen molar-refractivity contribution in [2.24, 2.45) is 0 Å². The van der Waals surface area contributed by atoms with Gasteiger partial charge in [0.25, 0.3) is 11.5 Å². The first-order valence-electron chi connectivity index (χ1n) is 9.80. The van der Waals surface area contributed by atoms with E-state index in [1.165, 1.54) is 42.8 Å². The molecule has 3 rings (SSSR count). The first kappa shape index (κ1) is 24.8. The summed E-state index contributed by atoms with van der Waals surface area (Å²) in [5.74, 6) is -1.89. The van der Waals surface area contributed by atoms with Crippen LogP contribution < -0.4 is 20.9 Å². The van der Waals surface area contributed by atoms with Crippen molar-refractivity contribution in [3.8, 4) is 11.6 Å². The van der Waals surface area contributed by atoms with Crippen molar-refractivity contribution in [1.29, 1.82) is 0 Å². The molecular weight excluding hydrogens is 518 g/mol. The summed E-state index contributed by atoms with van der Waals surface area (Å²) < 4.78 is 33.6. The normalized spacial score (nSPS) is 10.6. The van der Waals surface area contributed by atoms with Crippen LogP contribution >= 0.6 is 15.9 Å². The third kappa shape index (κ3) is 5.39. The van der Waals surface area contributed by atoms with E-state index < -0.39 is 29.2 Å². The van der Waals surface area contributed by atoms with E-state index >= 15 is 0 Å². The molecule has 0 bridgehead atoms. The van der Waals surface area contributed by atoms with E-state index in [0.29, 0.717) is 5.56 Å². The van der Waals surface area contributed by atoms with Gasteiger partial charge in [0, 0.05) is 30.8 Å². The highest BCUT2D eigenvalue weighted by atomic mass is 79.9. The molecule has 1 aromatic heterocycles. The maximum atomic E-state index is 13.9. The number of nitrogens with one attached hydrogen (secondary N) is 2. The summed E-state index contributed by atoms with van der Waals surface area (Å²) in [6, 6.07) is 7.49. The van der Waals surface area contributed by atoms with Crippen LogP contribution in [0, 0.1) is 18.6 Å². The number of halogens is 3. The number of aryl methyl sites for hydroxylation is 1. The van der Waals surface area contributed by atoms with E-state index in [0.717, 1.165) is 12.1 Å². The largest absolute Gasteiger partial charge is 0.472 e. The fourth-order valence-electron chi connectivity index (χ4n) is 3.12. The predicted octanol–water partition coefficient (Wildman–Crippen LogP) is 3.29. The monoisotopic (exact) mass is 536 g/mol. The minimum absolute atomic E-state index is 0.0669. The molecule has 0 aliphatic rings. The SMILES string of the molecule is CNC(=O)c1ccc(CNC(=O)O)c(-n2c(C)nc(OCc3ccc(F)cc3F)c(Br)c2=O)c1. The van der Waals surface area contributed by atoms with Crippen LogP contribution in [0.25, 0.3) is 5.69 Å². The highest BCUT2D eigenvalue weighted by Gasteiger charge is 2.19. The van der Waals surface area contributed by atoms with E-state index in [-0.39, 0.29) is 46.1 Å². The first-order valence-corrected chi connectivity index (χ1v) is 10.6. The van der Waals surface area contributed by atoms with Gasteiger partial charge in [-0.25, -0.2) is 13.6 Å². The third-order valence-corrected chi connectivity index (χ3v) is 5.47. The Kier molecular flexibility index (Phi) is 7.61. The Bertz CT molecular complexity index is 1330. The summed E-state index contributed by atoms with van der Waals surface area (Å²) in [6.07, 6.45) is -1.26. The van der Waals surface area contributed by atoms with E-state index in [9.17, 15) is 23.2 Å². The number of aromatic nitrogens is 2. The van der Waals surface area contributed by atoms with Crippen LogP contribution in [0.1, 0.15) is 27.3 Å². The molecule has 2 amide bonds. The number of carbonyl (C=O) groups is 2. The predicted molar refractivity (Wildman–Crippen MR) is 121 cm³/mol. The zero-order valence-electron chi connectivity index (χ0n) is 18.0. The Hall–Kier alpha value is -3.80. The van der Waals surface area contributed by atoms with Gasteiger partial charge in [0.1, 0.15) is 28.5 Å². The smallest absolute Gasteiger partial charge is 0.404 e. The molecule has 1 heterocycles. The number of nitrogens with zero attached hydrogens (tertiary/aromatic N) is 2. The zero-order chi connectivity index (χ0) is 25.0. The Labute approximate surface area is 200 Å². The zero-order valence-corrected chi connectivity index (χ0v) is 19.6. The number of ether oxygens (including phenoxy) is 1. The fraction of sp³-hybridized carbons (Fsp3) is 0.182. The van der Waals surface area contributed by atoms with Crippen LogP contribution in [0.4, 0.5) is 13.6 Å². The molecular formula is C22H19BrF2N4O5. The summed E-state index contributed by atoms with van der Waals surface area (Å²) in [5.41, 5.74) is 0.355. The van der Waals surface area contributed by atoms with Crippen LogP contribution in [-0.2, 0) is 13.2 Å². The van der Waals surface area contributed by atoms with E-state index in [1.54, 1.807) is 0 Å². The lowest BCUT2D eigenvalue weighted by molar-refractivity contribution is 0.0963. The van der Waals surface area contributed by atoms with Crippen molar-refractivity contribution < 1.29 is 28.2 Å². The number of carbonyl (C=O) groups excluding carboxylic acids is 1. The quantitative estimate of drug-likeness (QED) is 0.425. The van der Waals surface area contributed by atoms with Crippen LogP contribution in [-0.4, -0.2) is 33.7 Å². The maximum absolute atomic E-state index is 13.9. The summed E-state index contributed by atoms with van der Waals surface area (Å²) in [4.78, 5) is 40.6. The first-order chi connectivity index (χ1) is 16.1. The number of carboxylic acid groups (broad SMARTS) is 1. The second kappa shape index (κ2) is 10.4. The van der Waals surface area contributed by atoms with E-state index in [4.69, 9.17) is 9.84 Å². The molecule has 34 heavy (non-hydrogen) atoms. The topological polar surface area (TPSA) is 123 Å². The number of hydrogen-bond donors (Lipinski definition) is 3. The average molecular weight is 537 g/mol. The molecule has 3 aromatic rings. The highest BCUT2D eigenvalue weighted by molar-refractivity contribution is 9.10. The fourth-order valence-corrected chi connectivity index (χ4v) is 3.51. The maximum Gasteiger partial charge on any atom is 0.404 e. The summed E-state index contributed by atoms with van der Waals surface area (Å²) >= 11 is 3.15. The van der Waals surface area contributed by atoms with Gasteiger partial charge >= 0.3 is 6.09 Å². The van der Waals surface area contributed by atoms with Gasteiger partial charge in [-0.1, -0.05) is 6.07 Å². The summed E-state index contributed by atoms with van der Waals surface area (Å²) in [7, 11) is 1.45. The average Bonchev–Trinajstić information content (AvgIpc) is 2.79. The van der Waals surface area contributed by atoms with Gasteiger partial charge in [-0.15, -0.1) is 0 Å². The van der Waals surface area contributed by atoms with Crippen molar-refractivity contribution >= 4 is 27.9 Å². The minimum Gasteiger partial charge on any atom is -0.472 e.